The summed E-state index contributed by atoms with van der Waals surface area (Å²) in [5.41, 5.74) is 3.42. The molecule has 5 N–H and O–H groups in total. The number of aliphatic carboxylic acids is 1. The fourth-order valence-corrected chi connectivity index (χ4v) is 3.49. The maximum Gasteiger partial charge on any atom is 0.322 e. The lowest BCUT2D eigenvalue weighted by molar-refractivity contribution is -0.139. The van der Waals surface area contributed by atoms with Gasteiger partial charge in [0, 0.05) is 17.7 Å². The van der Waals surface area contributed by atoms with Gasteiger partial charge in [-0.1, -0.05) is 29.8 Å². The van der Waals surface area contributed by atoms with Crippen molar-refractivity contribution in [3.63, 3.8) is 0 Å². The molecule has 3 aromatic carbocycles. The molecule has 0 bridgehead atoms. The van der Waals surface area contributed by atoms with Crippen LogP contribution < -0.4 is 10.7 Å². The van der Waals surface area contributed by atoms with E-state index in [1.807, 2.05) is 0 Å². The van der Waals surface area contributed by atoms with Crippen LogP contribution in [0, 0.1) is 6.92 Å². The number of phenols is 2. The number of aromatic hydroxyl groups is 2. The summed E-state index contributed by atoms with van der Waals surface area (Å²) in [4.78, 5) is 50.4. The number of amides is 3. The van der Waals surface area contributed by atoms with Crippen molar-refractivity contribution in [2.24, 2.45) is 0 Å². The lowest BCUT2D eigenvalue weighted by atomic mass is 10.1. The molecule has 0 fully saturated rings. The van der Waals surface area contributed by atoms with Crippen LogP contribution in [0.3, 0.4) is 0 Å². The number of nitrogens with one attached hydrogen (secondary N) is 2. The van der Waals surface area contributed by atoms with Crippen LogP contribution in [0.25, 0.3) is 0 Å². The third-order valence-corrected chi connectivity index (χ3v) is 5.69. The number of carbonyl (C=O) groups is 4. The number of rotatable bonds is 8. The molecular weight excluding hydrogens is 502 g/mol. The van der Waals surface area contributed by atoms with Gasteiger partial charge in [-0.25, -0.2) is 10.4 Å². The third-order valence-electron chi connectivity index (χ3n) is 5.38. The molecule has 0 aliphatic heterocycles. The zero-order valence-electron chi connectivity index (χ0n) is 19.9. The molecule has 3 aromatic rings. The van der Waals surface area contributed by atoms with Gasteiger partial charge in [-0.05, 0) is 67.4 Å². The van der Waals surface area contributed by atoms with E-state index in [0.717, 1.165) is 6.07 Å². The lowest BCUT2D eigenvalue weighted by Crippen LogP contribution is -2.53. The molecular formula is C26H24ClN3O7. The molecule has 3 rings (SSSR count). The van der Waals surface area contributed by atoms with Crippen LogP contribution in [0.4, 0.5) is 0 Å². The average Bonchev–Trinajstić information content (AvgIpc) is 2.86. The number of carboxylic acid groups (broad SMARTS) is 1. The highest BCUT2D eigenvalue weighted by Gasteiger charge is 2.29. The zero-order valence-corrected chi connectivity index (χ0v) is 20.6. The third kappa shape index (κ3) is 6.63. The Balaban J connectivity index is 1.85. The number of imide groups is 1. The smallest absolute Gasteiger partial charge is 0.322 e. The second kappa shape index (κ2) is 11.5. The Morgan fingerprint density at radius 2 is 1.65 bits per heavy atom. The van der Waals surface area contributed by atoms with Gasteiger partial charge in [0.25, 0.3) is 17.7 Å². The SMILES string of the molecule is Cc1ccc(C(=O)N(N[C@@H](C)C(=O)O)C(=O)c2ccc(C(=O)NCc3cccc(O)c3)cc2Cl)cc1O. The highest BCUT2D eigenvalue weighted by molar-refractivity contribution is 6.34. The summed E-state index contributed by atoms with van der Waals surface area (Å²) in [6, 6.07) is 12.9. The maximum absolute atomic E-state index is 13.3. The Morgan fingerprint density at radius 3 is 2.27 bits per heavy atom. The number of hydrazine groups is 1. The second-order valence-corrected chi connectivity index (χ2v) is 8.59. The number of hydrogen-bond donors (Lipinski definition) is 5. The van der Waals surface area contributed by atoms with E-state index >= 15 is 0 Å². The Morgan fingerprint density at radius 1 is 0.946 bits per heavy atom. The van der Waals surface area contributed by atoms with Gasteiger partial charge in [-0.3, -0.25) is 19.2 Å². The van der Waals surface area contributed by atoms with Crippen LogP contribution >= 0.6 is 11.6 Å². The molecule has 10 nitrogen and oxygen atoms in total. The largest absolute Gasteiger partial charge is 0.508 e. The van der Waals surface area contributed by atoms with Gasteiger partial charge >= 0.3 is 5.97 Å². The van der Waals surface area contributed by atoms with E-state index in [4.69, 9.17) is 11.6 Å². The van der Waals surface area contributed by atoms with Crippen LogP contribution in [-0.2, 0) is 11.3 Å². The van der Waals surface area contributed by atoms with Gasteiger partial charge in [-0.15, -0.1) is 0 Å². The number of carbonyl (C=O) groups excluding carboxylic acids is 3. The Kier molecular flexibility index (Phi) is 8.49. The normalized spacial score (nSPS) is 11.4. The quantitative estimate of drug-likeness (QED) is 0.221. The molecule has 0 spiro atoms. The van der Waals surface area contributed by atoms with Crippen molar-refractivity contribution in [1.29, 1.82) is 0 Å². The Labute approximate surface area is 217 Å². The molecule has 3 amide bonds. The summed E-state index contributed by atoms with van der Waals surface area (Å²) in [5.74, 6) is -3.81. The van der Waals surface area contributed by atoms with Crippen LogP contribution in [0.1, 0.15) is 49.1 Å². The van der Waals surface area contributed by atoms with E-state index in [0.29, 0.717) is 16.1 Å². The number of nitrogens with zero attached hydrogens (tertiary/aromatic N) is 1. The molecule has 11 heteroatoms. The fraction of sp³-hybridized carbons (Fsp3) is 0.154. The molecule has 192 valence electrons. The van der Waals surface area contributed by atoms with Crippen molar-refractivity contribution in [1.82, 2.24) is 15.8 Å². The first-order chi connectivity index (χ1) is 17.5. The van der Waals surface area contributed by atoms with Gasteiger partial charge in [-0.2, -0.15) is 0 Å². The summed E-state index contributed by atoms with van der Waals surface area (Å²) in [6.07, 6.45) is 0. The average molecular weight is 526 g/mol. The summed E-state index contributed by atoms with van der Waals surface area (Å²) >= 11 is 6.29. The summed E-state index contributed by atoms with van der Waals surface area (Å²) in [5, 5.41) is 31.8. The van der Waals surface area contributed by atoms with Crippen LogP contribution in [-0.4, -0.2) is 50.1 Å². The van der Waals surface area contributed by atoms with Gasteiger partial charge in [0.2, 0.25) is 0 Å². The van der Waals surface area contributed by atoms with Crippen LogP contribution in [0.2, 0.25) is 5.02 Å². The van der Waals surface area contributed by atoms with Crippen molar-refractivity contribution >= 4 is 35.3 Å². The van der Waals surface area contributed by atoms with Crippen LogP contribution in [0.15, 0.2) is 60.7 Å². The van der Waals surface area contributed by atoms with E-state index in [9.17, 15) is 34.5 Å². The molecule has 1 atom stereocenters. The Bertz CT molecular complexity index is 1380. The molecule has 0 saturated heterocycles. The number of hydrogen-bond acceptors (Lipinski definition) is 7. The monoisotopic (exact) mass is 525 g/mol. The minimum atomic E-state index is -1.33. The molecule has 0 saturated carbocycles. The van der Waals surface area contributed by atoms with Gasteiger partial charge < -0.3 is 20.6 Å². The predicted octanol–water partition coefficient (Wildman–Crippen LogP) is 3.25. The molecule has 0 aliphatic rings. The first-order valence-corrected chi connectivity index (χ1v) is 11.4. The summed E-state index contributed by atoms with van der Waals surface area (Å²) in [6.45, 7) is 3.00. The zero-order chi connectivity index (χ0) is 27.3. The lowest BCUT2D eigenvalue weighted by Gasteiger charge is -2.24. The fourth-order valence-electron chi connectivity index (χ4n) is 3.23. The topological polar surface area (TPSA) is 156 Å². The minimum Gasteiger partial charge on any atom is -0.508 e. The Hall–Kier alpha value is -4.41. The molecule has 0 heterocycles. The van der Waals surface area contributed by atoms with Gasteiger partial charge in [0.15, 0.2) is 0 Å². The van der Waals surface area contributed by atoms with Gasteiger partial charge in [0.1, 0.15) is 17.5 Å². The molecule has 0 unspecified atom stereocenters. The molecule has 0 aromatic heterocycles. The van der Waals surface area contributed by atoms with E-state index in [2.05, 4.69) is 10.7 Å². The van der Waals surface area contributed by atoms with Crippen molar-refractivity contribution in [2.45, 2.75) is 26.4 Å². The molecule has 0 radical (unpaired) electrons. The van der Waals surface area contributed by atoms with E-state index in [1.165, 1.54) is 49.4 Å². The van der Waals surface area contributed by atoms with E-state index in [-0.39, 0.29) is 39.8 Å². The summed E-state index contributed by atoms with van der Waals surface area (Å²) in [7, 11) is 0. The van der Waals surface area contributed by atoms with Crippen molar-refractivity contribution in [2.75, 3.05) is 0 Å². The molecule has 0 aliphatic carbocycles. The highest BCUT2D eigenvalue weighted by atomic mass is 35.5. The van der Waals surface area contributed by atoms with E-state index < -0.39 is 29.7 Å². The number of aryl methyl sites for hydroxylation is 1. The number of phenolic OH excluding ortho intramolecular Hbond substituents is 2. The van der Waals surface area contributed by atoms with Crippen molar-refractivity contribution < 1.29 is 34.5 Å². The second-order valence-electron chi connectivity index (χ2n) is 8.18. The summed E-state index contributed by atoms with van der Waals surface area (Å²) < 4.78 is 0. The number of halogens is 1. The van der Waals surface area contributed by atoms with E-state index in [1.54, 1.807) is 19.1 Å². The van der Waals surface area contributed by atoms with Crippen LogP contribution in [0.5, 0.6) is 11.5 Å². The van der Waals surface area contributed by atoms with Crippen molar-refractivity contribution in [3.8, 4) is 11.5 Å². The maximum atomic E-state index is 13.3. The van der Waals surface area contributed by atoms with Gasteiger partial charge in [0.05, 0.1) is 10.6 Å². The first-order valence-electron chi connectivity index (χ1n) is 11.0. The van der Waals surface area contributed by atoms with Crippen molar-refractivity contribution in [3.05, 3.63) is 93.5 Å². The highest BCUT2D eigenvalue weighted by Crippen LogP contribution is 2.23. The number of benzene rings is 3. The number of carboxylic acids is 1. The standard InChI is InChI=1S/C26H24ClN3O7/c1-14-6-7-18(12-22(14)32)24(34)30(29-15(2)26(36)37)25(35)20-9-8-17(11-21(20)27)23(33)28-13-16-4-3-5-19(31)10-16/h3-12,15,29,31-32H,13H2,1-2H3,(H,28,33)(H,36,37)/t15-/m0/s1. The molecule has 37 heavy (non-hydrogen) atoms. The first kappa shape index (κ1) is 27.2. The minimum absolute atomic E-state index is 0.0587. The predicted molar refractivity (Wildman–Crippen MR) is 134 cm³/mol.